The maximum absolute atomic E-state index is 13.6. The van der Waals surface area contributed by atoms with Crippen LogP contribution in [0.15, 0.2) is 58.3 Å². The largest absolute Gasteiger partial charge is 0.497 e. The second kappa shape index (κ2) is 8.90. The molecule has 0 radical (unpaired) electrons. The van der Waals surface area contributed by atoms with Crippen LogP contribution in [0.1, 0.15) is 50.1 Å². The molecule has 9 heteroatoms. The highest BCUT2D eigenvalue weighted by atomic mass is 32.2. The summed E-state index contributed by atoms with van der Waals surface area (Å²) in [4.78, 5) is -0.0112. The Morgan fingerprint density at radius 1 is 0.903 bits per heavy atom. The van der Waals surface area contributed by atoms with Crippen LogP contribution in [0.2, 0.25) is 0 Å². The van der Waals surface area contributed by atoms with Crippen molar-refractivity contribution in [3.05, 3.63) is 54.1 Å². The van der Waals surface area contributed by atoms with Gasteiger partial charge in [0.15, 0.2) is 0 Å². The summed E-state index contributed by atoms with van der Waals surface area (Å²) < 4.78 is 61.9. The van der Waals surface area contributed by atoms with Gasteiger partial charge in [-0.25, -0.2) is 21.6 Å². The summed E-state index contributed by atoms with van der Waals surface area (Å²) in [6.07, 6.45) is 5.00. The molecule has 0 spiro atoms. The first kappa shape index (κ1) is 22.3. The monoisotopic (exact) mass is 464 g/mol. The Morgan fingerprint density at radius 3 is 2.29 bits per heavy atom. The number of methoxy groups -OCH3 is 1. The van der Waals surface area contributed by atoms with Crippen LogP contribution in [0.3, 0.4) is 0 Å². The number of sulfonamides is 2. The van der Waals surface area contributed by atoms with Gasteiger partial charge in [-0.1, -0.05) is 31.0 Å². The summed E-state index contributed by atoms with van der Waals surface area (Å²) in [5.74, 6) is 0.716. The average Bonchev–Trinajstić information content (AvgIpc) is 3.60. The lowest BCUT2D eigenvalue weighted by molar-refractivity contribution is 0.328. The maximum Gasteiger partial charge on any atom is 0.243 e. The summed E-state index contributed by atoms with van der Waals surface area (Å²) >= 11 is 0. The highest BCUT2D eigenvalue weighted by Crippen LogP contribution is 2.35. The number of nitrogens with zero attached hydrogens (tertiary/aromatic N) is 1. The van der Waals surface area contributed by atoms with E-state index in [9.17, 15) is 16.8 Å². The van der Waals surface area contributed by atoms with Crippen molar-refractivity contribution in [3.63, 3.8) is 0 Å². The van der Waals surface area contributed by atoms with Crippen LogP contribution in [0, 0.1) is 0 Å². The molecule has 2 aromatic rings. The second-order valence-corrected chi connectivity index (χ2v) is 11.7. The van der Waals surface area contributed by atoms with Gasteiger partial charge in [0.25, 0.3) is 0 Å². The molecular formula is C22H28N2O5S2. The molecule has 1 N–H and O–H groups in total. The quantitative estimate of drug-likeness (QED) is 0.678. The van der Waals surface area contributed by atoms with Crippen LogP contribution >= 0.6 is 0 Å². The van der Waals surface area contributed by atoms with Crippen LogP contribution in [0.4, 0.5) is 0 Å². The van der Waals surface area contributed by atoms with Crippen molar-refractivity contribution < 1.29 is 21.6 Å². The molecule has 0 bridgehead atoms. The van der Waals surface area contributed by atoms with Crippen LogP contribution in [-0.4, -0.2) is 40.8 Å². The van der Waals surface area contributed by atoms with Crippen LogP contribution in [0.5, 0.6) is 5.75 Å². The number of nitrogens with one attached hydrogen (secondary N) is 1. The summed E-state index contributed by atoms with van der Waals surface area (Å²) in [6.45, 7) is 0.399. The molecule has 2 aromatic carbocycles. The molecule has 1 aliphatic heterocycles. The zero-order valence-electron chi connectivity index (χ0n) is 17.5. The van der Waals surface area contributed by atoms with Crippen LogP contribution in [-0.2, 0) is 20.0 Å². The normalized spacial score (nSPS) is 20.9. The molecule has 2 fully saturated rings. The Kier molecular flexibility index (Phi) is 6.39. The highest BCUT2D eigenvalue weighted by Gasteiger charge is 2.34. The minimum absolute atomic E-state index is 0.00610. The molecule has 0 aromatic heterocycles. The topological polar surface area (TPSA) is 92.8 Å². The fraction of sp³-hybridized carbons (Fsp3) is 0.455. The van der Waals surface area contributed by atoms with E-state index in [1.54, 1.807) is 7.11 Å². The van der Waals surface area contributed by atoms with Gasteiger partial charge in [-0.3, -0.25) is 0 Å². The van der Waals surface area contributed by atoms with Crippen molar-refractivity contribution in [2.24, 2.45) is 0 Å². The van der Waals surface area contributed by atoms with E-state index in [1.165, 1.54) is 28.6 Å². The number of hydrogen-bond acceptors (Lipinski definition) is 5. The van der Waals surface area contributed by atoms with Gasteiger partial charge in [-0.2, -0.15) is 4.31 Å². The van der Waals surface area contributed by atoms with Gasteiger partial charge in [0.1, 0.15) is 5.75 Å². The Bertz CT molecular complexity index is 1130. The summed E-state index contributed by atoms with van der Waals surface area (Å²) in [6, 6.07) is 12.8. The van der Waals surface area contributed by atoms with Crippen LogP contribution in [0.25, 0.3) is 0 Å². The third-order valence-corrected chi connectivity index (χ3v) is 9.25. The van der Waals surface area contributed by atoms with Crippen LogP contribution < -0.4 is 9.46 Å². The third kappa shape index (κ3) is 4.95. The van der Waals surface area contributed by atoms with Crippen molar-refractivity contribution in [2.45, 2.75) is 60.4 Å². The first-order chi connectivity index (χ1) is 14.8. The summed E-state index contributed by atoms with van der Waals surface area (Å²) in [5, 5.41) is 0. The third-order valence-electron chi connectivity index (χ3n) is 5.83. The molecule has 1 atom stereocenters. The van der Waals surface area contributed by atoms with E-state index >= 15 is 0 Å². The lowest BCUT2D eigenvalue weighted by Gasteiger charge is -2.29. The van der Waals surface area contributed by atoms with Crippen molar-refractivity contribution in [1.29, 1.82) is 0 Å². The average molecular weight is 465 g/mol. The predicted molar refractivity (Wildman–Crippen MR) is 118 cm³/mol. The molecule has 168 valence electrons. The molecule has 0 amide bonds. The fourth-order valence-corrected chi connectivity index (χ4v) is 7.11. The molecule has 1 heterocycles. The van der Waals surface area contributed by atoms with E-state index in [0.717, 1.165) is 37.7 Å². The molecule has 2 aliphatic rings. The number of benzene rings is 2. The molecule has 31 heavy (non-hydrogen) atoms. The van der Waals surface area contributed by atoms with Crippen molar-refractivity contribution in [3.8, 4) is 5.75 Å². The number of hydrogen-bond donors (Lipinski definition) is 1. The predicted octanol–water partition coefficient (Wildman–Crippen LogP) is 3.44. The van der Waals surface area contributed by atoms with Gasteiger partial charge in [0.2, 0.25) is 20.0 Å². The van der Waals surface area contributed by atoms with Crippen molar-refractivity contribution in [2.75, 3.05) is 13.7 Å². The maximum atomic E-state index is 13.6. The zero-order valence-corrected chi connectivity index (χ0v) is 19.2. The minimum atomic E-state index is -3.88. The van der Waals surface area contributed by atoms with Crippen molar-refractivity contribution >= 4 is 20.0 Å². The lowest BCUT2D eigenvalue weighted by atomic mass is 10.0. The summed E-state index contributed by atoms with van der Waals surface area (Å²) in [5.41, 5.74) is 0.908. The molecule has 1 saturated carbocycles. The van der Waals surface area contributed by atoms with E-state index in [2.05, 4.69) is 4.72 Å². The first-order valence-electron chi connectivity index (χ1n) is 10.6. The Morgan fingerprint density at radius 2 is 1.61 bits per heavy atom. The molecule has 1 saturated heterocycles. The molecular weight excluding hydrogens is 436 g/mol. The fourth-order valence-electron chi connectivity index (χ4n) is 3.95. The zero-order chi connectivity index (χ0) is 22.1. The van der Waals surface area contributed by atoms with E-state index in [4.69, 9.17) is 4.74 Å². The van der Waals surface area contributed by atoms with E-state index in [-0.39, 0.29) is 21.9 Å². The second-order valence-electron chi connectivity index (χ2n) is 8.12. The number of ether oxygens (including phenoxy) is 1. The Balaban J connectivity index is 1.68. The molecule has 7 nitrogen and oxygen atoms in total. The SMILES string of the molecule is COc1ccc([C@@H]2CCCCCN2S(=O)(=O)c2cccc(S(=O)(=O)NC3CC3)c2)cc1. The van der Waals surface area contributed by atoms with E-state index in [0.29, 0.717) is 18.7 Å². The van der Waals surface area contributed by atoms with Gasteiger partial charge in [0, 0.05) is 12.6 Å². The van der Waals surface area contributed by atoms with Gasteiger partial charge in [0.05, 0.1) is 22.9 Å². The summed E-state index contributed by atoms with van der Waals surface area (Å²) in [7, 11) is -6.03. The minimum Gasteiger partial charge on any atom is -0.497 e. The smallest absolute Gasteiger partial charge is 0.243 e. The first-order valence-corrected chi connectivity index (χ1v) is 13.5. The van der Waals surface area contributed by atoms with Gasteiger partial charge < -0.3 is 4.74 Å². The van der Waals surface area contributed by atoms with Gasteiger partial charge in [-0.15, -0.1) is 0 Å². The van der Waals surface area contributed by atoms with E-state index < -0.39 is 20.0 Å². The van der Waals surface area contributed by atoms with Gasteiger partial charge in [-0.05, 0) is 61.6 Å². The molecule has 1 aliphatic carbocycles. The Hall–Kier alpha value is -1.94. The molecule has 0 unspecified atom stereocenters. The van der Waals surface area contributed by atoms with Gasteiger partial charge >= 0.3 is 0 Å². The number of rotatable bonds is 7. The standard InChI is InChI=1S/C22H28N2O5S2/c1-29-19-13-9-17(10-14-19)22-8-3-2-4-15-24(22)31(27,28)21-7-5-6-20(16-21)30(25,26)23-18-11-12-18/h5-7,9-10,13-14,16,18,22-23H,2-4,8,11-12,15H2,1H3/t22-/m0/s1. The van der Waals surface area contributed by atoms with Crippen molar-refractivity contribution in [1.82, 2.24) is 9.03 Å². The molecule has 4 rings (SSSR count). The Labute approximate surface area is 184 Å². The lowest BCUT2D eigenvalue weighted by Crippen LogP contribution is -2.35. The highest BCUT2D eigenvalue weighted by molar-refractivity contribution is 7.90. The van der Waals surface area contributed by atoms with E-state index in [1.807, 2.05) is 24.3 Å².